The van der Waals surface area contributed by atoms with Crippen LogP contribution in [0.5, 0.6) is 0 Å². The van der Waals surface area contributed by atoms with Crippen LogP contribution in [0, 0.1) is 0 Å². The summed E-state index contributed by atoms with van der Waals surface area (Å²) in [7, 11) is 0. The fourth-order valence-corrected chi connectivity index (χ4v) is 2.19. The molecule has 0 aromatic heterocycles. The molecule has 1 aliphatic rings. The topological polar surface area (TPSA) is 37.4 Å². The summed E-state index contributed by atoms with van der Waals surface area (Å²) in [5.74, 6) is -0.778. The number of amides is 1. The van der Waals surface area contributed by atoms with Gasteiger partial charge in [-0.15, -0.1) is 0 Å². The minimum Gasteiger partial charge on any atom is -0.291 e. The van der Waals surface area contributed by atoms with Crippen LogP contribution < -0.4 is 4.90 Å². The zero-order valence-electron chi connectivity index (χ0n) is 9.61. The molecule has 0 radical (unpaired) electrons. The summed E-state index contributed by atoms with van der Waals surface area (Å²) >= 11 is 0. The molecule has 0 aliphatic carbocycles. The molecule has 0 N–H and O–H groups in total. The van der Waals surface area contributed by atoms with Crippen LogP contribution in [0.15, 0.2) is 60.7 Å². The van der Waals surface area contributed by atoms with Crippen molar-refractivity contribution in [3.63, 3.8) is 0 Å². The van der Waals surface area contributed by atoms with Gasteiger partial charge in [0.15, 0.2) is 0 Å². The van der Waals surface area contributed by atoms with Crippen LogP contribution in [0.4, 0.5) is 5.69 Å². The van der Waals surface area contributed by atoms with E-state index >= 15 is 0 Å². The summed E-state index contributed by atoms with van der Waals surface area (Å²) in [4.78, 5) is 25.0. The highest BCUT2D eigenvalue weighted by Crippen LogP contribution is 2.35. The number of benzene rings is 2. The minimum absolute atomic E-state index is 0.343. The normalized spacial score (nSPS) is 18.7. The molecule has 1 atom stereocenters. The summed E-state index contributed by atoms with van der Waals surface area (Å²) in [6.45, 7) is 0. The highest BCUT2D eigenvalue weighted by atomic mass is 16.2. The van der Waals surface area contributed by atoms with Crippen molar-refractivity contribution in [1.82, 2.24) is 0 Å². The summed E-state index contributed by atoms with van der Waals surface area (Å²) in [6, 6.07) is 18.1. The highest BCUT2D eigenvalue weighted by Gasteiger charge is 2.47. The Labute approximate surface area is 105 Å². The van der Waals surface area contributed by atoms with Crippen molar-refractivity contribution in [3.05, 3.63) is 66.2 Å². The number of β-lactam (4-membered cyclic amide) rings is 1. The van der Waals surface area contributed by atoms with E-state index in [0.29, 0.717) is 0 Å². The van der Waals surface area contributed by atoms with E-state index in [-0.39, 0.29) is 5.78 Å². The Kier molecular flexibility index (Phi) is 2.45. The molecule has 2 aromatic carbocycles. The van der Waals surface area contributed by atoms with E-state index in [2.05, 4.69) is 0 Å². The fraction of sp³-hybridized carbons (Fsp3) is 0.0667. The monoisotopic (exact) mass is 237 g/mol. The van der Waals surface area contributed by atoms with Gasteiger partial charge in [-0.05, 0) is 17.7 Å². The third-order valence-corrected chi connectivity index (χ3v) is 3.09. The van der Waals surface area contributed by atoms with Crippen molar-refractivity contribution < 1.29 is 9.59 Å². The standard InChI is InChI=1S/C15H11NO2/c17-14-13(11-7-3-1-4-8-11)16(15(14)18)12-9-5-2-6-10-12/h1-10,13H/t13-/m1/s1. The van der Waals surface area contributed by atoms with Gasteiger partial charge in [0.25, 0.3) is 5.91 Å². The van der Waals surface area contributed by atoms with Gasteiger partial charge >= 0.3 is 0 Å². The van der Waals surface area contributed by atoms with Gasteiger partial charge in [-0.2, -0.15) is 0 Å². The van der Waals surface area contributed by atoms with Gasteiger partial charge in [0, 0.05) is 5.69 Å². The summed E-state index contributed by atoms with van der Waals surface area (Å²) in [5.41, 5.74) is 1.61. The SMILES string of the molecule is O=C1C(=O)N(c2ccccc2)[C@@H]1c1ccccc1. The molecule has 0 bridgehead atoms. The second-order valence-corrected chi connectivity index (χ2v) is 4.19. The largest absolute Gasteiger partial charge is 0.297 e. The molecule has 18 heavy (non-hydrogen) atoms. The van der Waals surface area contributed by atoms with Gasteiger partial charge in [0.05, 0.1) is 0 Å². The summed E-state index contributed by atoms with van der Waals surface area (Å²) in [5, 5.41) is 0. The second-order valence-electron chi connectivity index (χ2n) is 4.19. The molecule has 0 unspecified atom stereocenters. The zero-order valence-corrected chi connectivity index (χ0v) is 9.61. The number of carbonyl (C=O) groups is 2. The lowest BCUT2D eigenvalue weighted by atomic mass is 9.91. The van der Waals surface area contributed by atoms with Crippen molar-refractivity contribution in [3.8, 4) is 0 Å². The Bertz CT molecular complexity index is 537. The zero-order chi connectivity index (χ0) is 12.5. The van der Waals surface area contributed by atoms with Crippen molar-refractivity contribution in [2.45, 2.75) is 6.04 Å². The van der Waals surface area contributed by atoms with Crippen LogP contribution in [-0.4, -0.2) is 11.7 Å². The lowest BCUT2D eigenvalue weighted by molar-refractivity contribution is -0.143. The van der Waals surface area contributed by atoms with E-state index in [1.807, 2.05) is 60.7 Å². The molecule has 1 aliphatic heterocycles. The predicted octanol–water partition coefficient (Wildman–Crippen LogP) is 2.34. The number of para-hydroxylation sites is 1. The molecule has 2 aromatic rings. The van der Waals surface area contributed by atoms with Crippen molar-refractivity contribution >= 4 is 17.4 Å². The van der Waals surface area contributed by atoms with Crippen LogP contribution in [-0.2, 0) is 9.59 Å². The van der Waals surface area contributed by atoms with Crippen LogP contribution in [0.1, 0.15) is 11.6 Å². The first-order valence-electron chi connectivity index (χ1n) is 5.76. The number of nitrogens with zero attached hydrogens (tertiary/aromatic N) is 1. The van der Waals surface area contributed by atoms with Crippen molar-refractivity contribution in [2.24, 2.45) is 0 Å². The van der Waals surface area contributed by atoms with Gasteiger partial charge in [0.1, 0.15) is 6.04 Å². The summed E-state index contributed by atoms with van der Waals surface area (Å²) < 4.78 is 0. The first kappa shape index (κ1) is 10.7. The lowest BCUT2D eigenvalue weighted by Crippen LogP contribution is -2.56. The van der Waals surface area contributed by atoms with E-state index < -0.39 is 11.9 Å². The van der Waals surface area contributed by atoms with E-state index in [4.69, 9.17) is 0 Å². The predicted molar refractivity (Wildman–Crippen MR) is 68.1 cm³/mol. The third-order valence-electron chi connectivity index (χ3n) is 3.09. The molecule has 3 nitrogen and oxygen atoms in total. The molecule has 1 amide bonds. The van der Waals surface area contributed by atoms with Crippen LogP contribution in [0.3, 0.4) is 0 Å². The van der Waals surface area contributed by atoms with Crippen molar-refractivity contribution in [2.75, 3.05) is 4.90 Å². The molecular weight excluding hydrogens is 226 g/mol. The Morgan fingerprint density at radius 1 is 0.778 bits per heavy atom. The van der Waals surface area contributed by atoms with E-state index in [9.17, 15) is 9.59 Å². The molecule has 1 heterocycles. The Hall–Kier alpha value is -2.42. The first-order chi connectivity index (χ1) is 8.79. The molecule has 0 spiro atoms. The first-order valence-corrected chi connectivity index (χ1v) is 5.76. The average Bonchev–Trinajstić information content (AvgIpc) is 2.45. The number of carbonyl (C=O) groups excluding carboxylic acids is 2. The molecular formula is C15H11NO2. The molecule has 3 rings (SSSR count). The van der Waals surface area contributed by atoms with Crippen LogP contribution >= 0.6 is 0 Å². The number of rotatable bonds is 2. The second kappa shape index (κ2) is 4.11. The van der Waals surface area contributed by atoms with Crippen molar-refractivity contribution in [1.29, 1.82) is 0 Å². The lowest BCUT2D eigenvalue weighted by Gasteiger charge is -2.38. The number of anilines is 1. The molecule has 88 valence electrons. The molecule has 1 saturated heterocycles. The quantitative estimate of drug-likeness (QED) is 0.594. The molecule has 0 saturated carbocycles. The van der Waals surface area contributed by atoms with Gasteiger partial charge in [-0.1, -0.05) is 48.5 Å². The Morgan fingerprint density at radius 2 is 1.33 bits per heavy atom. The fourth-order valence-electron chi connectivity index (χ4n) is 2.19. The molecule has 1 fully saturated rings. The van der Waals surface area contributed by atoms with E-state index in [0.717, 1.165) is 11.3 Å². The maximum Gasteiger partial charge on any atom is 0.297 e. The van der Waals surface area contributed by atoms with Gasteiger partial charge in [-0.3, -0.25) is 14.5 Å². The Morgan fingerprint density at radius 3 is 1.94 bits per heavy atom. The number of ketones is 1. The number of Topliss-reactive ketones (excluding diaryl/α,β-unsaturated/α-hetero) is 1. The van der Waals surface area contributed by atoms with Gasteiger partial charge in [-0.25, -0.2) is 0 Å². The maximum atomic E-state index is 11.8. The molecule has 3 heteroatoms. The minimum atomic E-state index is -0.471. The third kappa shape index (κ3) is 1.52. The van der Waals surface area contributed by atoms with Crippen LogP contribution in [0.2, 0.25) is 0 Å². The van der Waals surface area contributed by atoms with E-state index in [1.54, 1.807) is 0 Å². The Balaban J connectivity index is 2.00. The average molecular weight is 237 g/mol. The van der Waals surface area contributed by atoms with E-state index in [1.165, 1.54) is 4.90 Å². The maximum absolute atomic E-state index is 11.8. The van der Waals surface area contributed by atoms with Gasteiger partial charge in [0.2, 0.25) is 5.78 Å². The van der Waals surface area contributed by atoms with Crippen LogP contribution in [0.25, 0.3) is 0 Å². The number of hydrogen-bond acceptors (Lipinski definition) is 2. The summed E-state index contributed by atoms with van der Waals surface area (Å²) in [6.07, 6.45) is 0. The van der Waals surface area contributed by atoms with Gasteiger partial charge < -0.3 is 0 Å². The number of hydrogen-bond donors (Lipinski definition) is 0. The highest BCUT2D eigenvalue weighted by molar-refractivity contribution is 6.51. The smallest absolute Gasteiger partial charge is 0.291 e.